The van der Waals surface area contributed by atoms with Crippen LogP contribution in [0.2, 0.25) is 0 Å². The monoisotopic (exact) mass is 560 g/mol. The van der Waals surface area contributed by atoms with Gasteiger partial charge in [0.2, 0.25) is 6.29 Å². The first-order valence-corrected chi connectivity index (χ1v) is 12.0. The predicted molar refractivity (Wildman–Crippen MR) is 133 cm³/mol. The van der Waals surface area contributed by atoms with E-state index in [1.165, 1.54) is 12.1 Å². The van der Waals surface area contributed by atoms with E-state index in [4.69, 9.17) is 28.4 Å². The molecule has 0 radical (unpaired) electrons. The maximum Gasteiger partial charge on any atom is 0.343 e. The van der Waals surface area contributed by atoms with Crippen LogP contribution in [0.5, 0.6) is 17.2 Å². The molecule has 0 aliphatic carbocycles. The van der Waals surface area contributed by atoms with Crippen molar-refractivity contribution in [3.8, 4) is 17.2 Å². The van der Waals surface area contributed by atoms with E-state index in [-0.39, 0.29) is 22.6 Å². The van der Waals surface area contributed by atoms with Gasteiger partial charge in [-0.2, -0.15) is 0 Å². The summed E-state index contributed by atoms with van der Waals surface area (Å²) in [5, 5.41) is 21.6. The average Bonchev–Trinajstić information content (AvgIpc) is 2.86. The van der Waals surface area contributed by atoms with Crippen molar-refractivity contribution in [2.24, 2.45) is 0 Å². The van der Waals surface area contributed by atoms with E-state index in [0.29, 0.717) is 0 Å². The van der Waals surface area contributed by atoms with Crippen LogP contribution in [-0.2, 0) is 33.3 Å². The summed E-state index contributed by atoms with van der Waals surface area (Å²) in [6.07, 6.45) is -7.77. The summed E-state index contributed by atoms with van der Waals surface area (Å²) in [6, 6.07) is 10.1. The van der Waals surface area contributed by atoms with Crippen LogP contribution in [0.25, 0.3) is 0 Å². The van der Waals surface area contributed by atoms with Gasteiger partial charge in [0.25, 0.3) is 0 Å². The third kappa shape index (κ3) is 7.55. The number of ether oxygens (including phenoxy) is 6. The Bertz CT molecular complexity index is 1270. The fraction of sp³-hybridized carbons (Fsp3) is 0.370. The van der Waals surface area contributed by atoms with E-state index in [0.717, 1.165) is 39.8 Å². The van der Waals surface area contributed by atoms with Crippen molar-refractivity contribution >= 4 is 29.7 Å². The summed E-state index contributed by atoms with van der Waals surface area (Å²) >= 11 is 0. The van der Waals surface area contributed by atoms with Gasteiger partial charge in [0.15, 0.2) is 24.1 Å². The minimum absolute atomic E-state index is 0.206. The van der Waals surface area contributed by atoms with Crippen molar-refractivity contribution in [2.45, 2.75) is 58.4 Å². The Labute approximate surface area is 228 Å². The molecule has 2 aromatic rings. The van der Waals surface area contributed by atoms with Gasteiger partial charge in [-0.25, -0.2) is 4.79 Å². The minimum Gasteiger partial charge on any atom is -0.507 e. The Hall–Kier alpha value is -4.49. The molecule has 1 heterocycles. The van der Waals surface area contributed by atoms with Gasteiger partial charge < -0.3 is 38.6 Å². The van der Waals surface area contributed by atoms with Gasteiger partial charge in [-0.3, -0.25) is 19.2 Å². The van der Waals surface area contributed by atoms with Gasteiger partial charge >= 0.3 is 23.9 Å². The molecule has 0 aromatic heterocycles. The molecule has 13 heteroatoms. The Morgan fingerprint density at radius 1 is 0.875 bits per heavy atom. The number of benzene rings is 2. The molecular formula is C27H28O13. The summed E-state index contributed by atoms with van der Waals surface area (Å²) in [5.74, 6) is -4.92. The number of carbonyl (C=O) groups excluding carboxylic acids is 5. The SMILES string of the molecule is CC(=O)OC[C@@H]1O[C@@H](Oc2cc(OC(=O)c3ccccc3)cc(O)c2C(C)=O)[C@@H](O)[C@H](OC(C)=O)[C@@H]1OC(C)=O. The molecule has 3 rings (SSSR count). The van der Waals surface area contributed by atoms with Crippen molar-refractivity contribution in [3.05, 3.63) is 53.6 Å². The molecule has 0 amide bonds. The summed E-state index contributed by atoms with van der Waals surface area (Å²) in [5.41, 5.74) is -0.127. The third-order valence-corrected chi connectivity index (χ3v) is 5.54. The van der Waals surface area contributed by atoms with E-state index in [1.807, 2.05) is 0 Å². The van der Waals surface area contributed by atoms with Crippen molar-refractivity contribution < 1.29 is 62.6 Å². The number of carbonyl (C=O) groups is 5. The molecule has 2 N–H and O–H groups in total. The Kier molecular flexibility index (Phi) is 9.80. The molecule has 0 unspecified atom stereocenters. The van der Waals surface area contributed by atoms with E-state index in [9.17, 15) is 34.2 Å². The van der Waals surface area contributed by atoms with E-state index in [1.54, 1.807) is 18.2 Å². The number of aromatic hydroxyl groups is 1. The van der Waals surface area contributed by atoms with Crippen LogP contribution in [0.15, 0.2) is 42.5 Å². The number of esters is 4. The van der Waals surface area contributed by atoms with E-state index < -0.39 is 72.7 Å². The van der Waals surface area contributed by atoms with Gasteiger partial charge in [-0.1, -0.05) is 18.2 Å². The van der Waals surface area contributed by atoms with Crippen LogP contribution in [0.1, 0.15) is 48.4 Å². The van der Waals surface area contributed by atoms with Gasteiger partial charge in [0.1, 0.15) is 35.5 Å². The maximum absolute atomic E-state index is 12.5. The van der Waals surface area contributed by atoms with Crippen LogP contribution in [-0.4, -0.2) is 77.2 Å². The lowest BCUT2D eigenvalue weighted by atomic mass is 9.98. The van der Waals surface area contributed by atoms with Gasteiger partial charge in [-0.15, -0.1) is 0 Å². The number of phenols is 1. The van der Waals surface area contributed by atoms with Crippen LogP contribution < -0.4 is 9.47 Å². The first-order chi connectivity index (χ1) is 18.9. The average molecular weight is 561 g/mol. The van der Waals surface area contributed by atoms with Gasteiger partial charge in [-0.05, 0) is 19.1 Å². The highest BCUT2D eigenvalue weighted by atomic mass is 16.7. The van der Waals surface area contributed by atoms with Gasteiger partial charge in [0, 0.05) is 32.9 Å². The lowest BCUT2D eigenvalue weighted by Gasteiger charge is -2.42. The number of hydrogen-bond acceptors (Lipinski definition) is 13. The highest BCUT2D eigenvalue weighted by molar-refractivity contribution is 6.00. The summed E-state index contributed by atoms with van der Waals surface area (Å²) in [7, 11) is 0. The minimum atomic E-state index is -1.81. The van der Waals surface area contributed by atoms with Crippen molar-refractivity contribution in [2.75, 3.05) is 6.61 Å². The maximum atomic E-state index is 12.5. The Morgan fingerprint density at radius 2 is 1.50 bits per heavy atom. The second-order valence-corrected chi connectivity index (χ2v) is 8.73. The normalized spacial score (nSPS) is 22.0. The number of hydrogen-bond donors (Lipinski definition) is 2. The molecule has 1 aliphatic heterocycles. The zero-order valence-electron chi connectivity index (χ0n) is 22.0. The molecule has 5 atom stereocenters. The highest BCUT2D eigenvalue weighted by Gasteiger charge is 2.51. The second kappa shape index (κ2) is 13.0. The molecule has 0 spiro atoms. The largest absolute Gasteiger partial charge is 0.507 e. The first-order valence-electron chi connectivity index (χ1n) is 12.0. The summed E-state index contributed by atoms with van der Waals surface area (Å²) in [4.78, 5) is 59.9. The van der Waals surface area contributed by atoms with E-state index >= 15 is 0 Å². The molecule has 214 valence electrons. The third-order valence-electron chi connectivity index (χ3n) is 5.54. The van der Waals surface area contributed by atoms with Gasteiger partial charge in [0.05, 0.1) is 5.56 Å². The van der Waals surface area contributed by atoms with E-state index in [2.05, 4.69) is 0 Å². The molecule has 0 saturated carbocycles. The highest BCUT2D eigenvalue weighted by Crippen LogP contribution is 2.37. The summed E-state index contributed by atoms with van der Waals surface area (Å²) < 4.78 is 32.2. The van der Waals surface area contributed by atoms with Crippen LogP contribution >= 0.6 is 0 Å². The molecule has 13 nitrogen and oxygen atoms in total. The molecule has 1 aliphatic rings. The Balaban J connectivity index is 1.98. The molecule has 1 saturated heterocycles. The topological polar surface area (TPSA) is 181 Å². The van der Waals surface area contributed by atoms with Crippen LogP contribution in [0, 0.1) is 0 Å². The summed E-state index contributed by atoms with van der Waals surface area (Å²) in [6.45, 7) is 3.90. The molecule has 40 heavy (non-hydrogen) atoms. The molecule has 0 bridgehead atoms. The lowest BCUT2D eigenvalue weighted by molar-refractivity contribution is -0.285. The smallest absolute Gasteiger partial charge is 0.343 e. The molecular weight excluding hydrogens is 532 g/mol. The predicted octanol–water partition coefficient (Wildman–Crippen LogP) is 1.71. The number of ketones is 1. The zero-order chi connectivity index (χ0) is 29.6. The molecule has 1 fully saturated rings. The number of aliphatic hydroxyl groups excluding tert-OH is 1. The second-order valence-electron chi connectivity index (χ2n) is 8.73. The standard InChI is InChI=1S/C27H28O13/c1-13(28)22-19(32)10-18(38-26(34)17-8-6-5-7-9-17)11-20(22)39-27-23(33)25(37-16(4)31)24(36-15(3)30)21(40-27)12-35-14(2)29/h5-11,21,23-25,27,32-33H,12H2,1-4H3/t21-,23-,24+,25-,27+/m0/s1. The van der Waals surface area contributed by atoms with Crippen LogP contribution in [0.3, 0.4) is 0 Å². The van der Waals surface area contributed by atoms with Crippen molar-refractivity contribution in [1.82, 2.24) is 0 Å². The lowest BCUT2D eigenvalue weighted by Crippen LogP contribution is -2.62. The number of rotatable bonds is 9. The van der Waals surface area contributed by atoms with Crippen molar-refractivity contribution in [1.29, 1.82) is 0 Å². The number of aliphatic hydroxyl groups is 1. The fourth-order valence-electron chi connectivity index (χ4n) is 3.93. The number of Topliss-reactive ketones (excluding diaryl/α,β-unsaturated/α-hetero) is 1. The number of phenolic OH excluding ortho intramolecular Hbond substituents is 1. The Morgan fingerprint density at radius 3 is 2.08 bits per heavy atom. The fourth-order valence-corrected chi connectivity index (χ4v) is 3.93. The first kappa shape index (κ1) is 30.1. The van der Waals surface area contributed by atoms with Crippen LogP contribution in [0.4, 0.5) is 0 Å². The van der Waals surface area contributed by atoms with Crippen molar-refractivity contribution in [3.63, 3.8) is 0 Å². The quantitative estimate of drug-likeness (QED) is 0.196. The zero-order valence-corrected chi connectivity index (χ0v) is 22.0. The molecule has 2 aromatic carbocycles.